The molecule has 0 fully saturated rings. The molecule has 0 saturated heterocycles. The first-order chi connectivity index (χ1) is 8.63. The summed E-state index contributed by atoms with van der Waals surface area (Å²) >= 11 is 5.93. The van der Waals surface area contributed by atoms with Crippen molar-refractivity contribution >= 4 is 11.6 Å². The van der Waals surface area contributed by atoms with E-state index in [-0.39, 0.29) is 0 Å². The molecule has 1 rings (SSSR count). The molecule has 0 heterocycles. The Bertz CT molecular complexity index is 318. The standard InChI is InChI=1S/C16H26ClN/c1-4-6-16(18-12-5-7-13(2)3)14-8-10-15(17)11-9-14/h8-11,13,16,18H,4-7,12H2,1-3H3. The van der Waals surface area contributed by atoms with Gasteiger partial charge in [-0.2, -0.15) is 0 Å². The molecule has 1 unspecified atom stereocenters. The van der Waals surface area contributed by atoms with Crippen LogP contribution in [0, 0.1) is 5.92 Å². The maximum atomic E-state index is 5.93. The van der Waals surface area contributed by atoms with E-state index < -0.39 is 0 Å². The van der Waals surface area contributed by atoms with Gasteiger partial charge >= 0.3 is 0 Å². The molecule has 1 nitrogen and oxygen atoms in total. The van der Waals surface area contributed by atoms with E-state index in [2.05, 4.69) is 38.2 Å². The van der Waals surface area contributed by atoms with Gasteiger partial charge in [0.15, 0.2) is 0 Å². The van der Waals surface area contributed by atoms with Crippen LogP contribution in [0.15, 0.2) is 24.3 Å². The predicted molar refractivity (Wildman–Crippen MR) is 81.2 cm³/mol. The molecule has 0 saturated carbocycles. The Labute approximate surface area is 117 Å². The Hall–Kier alpha value is -0.530. The zero-order chi connectivity index (χ0) is 13.4. The Morgan fingerprint density at radius 2 is 1.78 bits per heavy atom. The van der Waals surface area contributed by atoms with Crippen molar-refractivity contribution in [2.75, 3.05) is 6.54 Å². The van der Waals surface area contributed by atoms with Crippen molar-refractivity contribution in [2.45, 2.75) is 52.5 Å². The number of hydrogen-bond acceptors (Lipinski definition) is 1. The highest BCUT2D eigenvalue weighted by Crippen LogP contribution is 2.20. The zero-order valence-electron chi connectivity index (χ0n) is 11.9. The van der Waals surface area contributed by atoms with Gasteiger partial charge in [-0.3, -0.25) is 0 Å². The van der Waals surface area contributed by atoms with Gasteiger partial charge in [0, 0.05) is 11.1 Å². The van der Waals surface area contributed by atoms with E-state index in [1.165, 1.54) is 31.2 Å². The lowest BCUT2D eigenvalue weighted by molar-refractivity contribution is 0.460. The second-order valence-corrected chi connectivity index (χ2v) is 5.82. The summed E-state index contributed by atoms with van der Waals surface area (Å²) in [5.41, 5.74) is 1.35. The SMILES string of the molecule is CCCC(NCCCC(C)C)c1ccc(Cl)cc1. The molecule has 0 spiro atoms. The molecular formula is C16H26ClN. The molecule has 0 aliphatic carbocycles. The summed E-state index contributed by atoms with van der Waals surface area (Å²) in [4.78, 5) is 0. The highest BCUT2D eigenvalue weighted by atomic mass is 35.5. The monoisotopic (exact) mass is 267 g/mol. The van der Waals surface area contributed by atoms with Crippen molar-refractivity contribution in [1.29, 1.82) is 0 Å². The summed E-state index contributed by atoms with van der Waals surface area (Å²) in [7, 11) is 0. The second-order valence-electron chi connectivity index (χ2n) is 5.38. The Kier molecular flexibility index (Phi) is 7.38. The van der Waals surface area contributed by atoms with E-state index in [1.807, 2.05) is 12.1 Å². The summed E-state index contributed by atoms with van der Waals surface area (Å²) in [6.45, 7) is 7.90. The van der Waals surface area contributed by atoms with Gasteiger partial charge in [-0.1, -0.05) is 50.9 Å². The van der Waals surface area contributed by atoms with E-state index in [4.69, 9.17) is 11.6 Å². The predicted octanol–water partition coefficient (Wildman–Crippen LogP) is 5.21. The topological polar surface area (TPSA) is 12.0 Å². The van der Waals surface area contributed by atoms with Crippen molar-refractivity contribution in [3.63, 3.8) is 0 Å². The van der Waals surface area contributed by atoms with Gasteiger partial charge < -0.3 is 5.32 Å². The first kappa shape index (κ1) is 15.5. The second kappa shape index (κ2) is 8.55. The van der Waals surface area contributed by atoms with Gasteiger partial charge in [0.2, 0.25) is 0 Å². The summed E-state index contributed by atoms with van der Waals surface area (Å²) in [6, 6.07) is 8.71. The van der Waals surface area contributed by atoms with Crippen LogP contribution in [0.2, 0.25) is 5.02 Å². The third-order valence-corrected chi connectivity index (χ3v) is 3.45. The number of rotatable bonds is 8. The molecule has 102 valence electrons. The van der Waals surface area contributed by atoms with Crippen LogP contribution in [0.5, 0.6) is 0 Å². The minimum atomic E-state index is 0.472. The van der Waals surface area contributed by atoms with Crippen molar-refractivity contribution in [2.24, 2.45) is 5.92 Å². The average molecular weight is 268 g/mol. The molecule has 0 aliphatic rings. The smallest absolute Gasteiger partial charge is 0.0406 e. The van der Waals surface area contributed by atoms with Crippen LogP contribution < -0.4 is 5.32 Å². The molecule has 0 aromatic heterocycles. The largest absolute Gasteiger partial charge is 0.310 e. The lowest BCUT2D eigenvalue weighted by atomic mass is 10.0. The maximum absolute atomic E-state index is 5.93. The lowest BCUT2D eigenvalue weighted by Crippen LogP contribution is -2.22. The summed E-state index contributed by atoms with van der Waals surface area (Å²) in [5, 5.41) is 4.48. The van der Waals surface area contributed by atoms with Crippen LogP contribution in [-0.2, 0) is 0 Å². The Morgan fingerprint density at radius 1 is 1.11 bits per heavy atom. The van der Waals surface area contributed by atoms with E-state index in [0.29, 0.717) is 6.04 Å². The summed E-state index contributed by atoms with van der Waals surface area (Å²) in [5.74, 6) is 0.798. The van der Waals surface area contributed by atoms with E-state index in [1.54, 1.807) is 0 Å². The van der Waals surface area contributed by atoms with Crippen LogP contribution in [0.25, 0.3) is 0 Å². The Balaban J connectivity index is 2.46. The molecule has 1 aromatic rings. The third-order valence-electron chi connectivity index (χ3n) is 3.20. The summed E-state index contributed by atoms with van der Waals surface area (Å²) < 4.78 is 0. The average Bonchev–Trinajstić information content (AvgIpc) is 2.34. The molecule has 0 bridgehead atoms. The van der Waals surface area contributed by atoms with Crippen molar-refractivity contribution in [1.82, 2.24) is 5.32 Å². The minimum Gasteiger partial charge on any atom is -0.310 e. The lowest BCUT2D eigenvalue weighted by Gasteiger charge is -2.19. The van der Waals surface area contributed by atoms with Crippen molar-refractivity contribution in [3.05, 3.63) is 34.9 Å². The molecule has 0 amide bonds. The van der Waals surface area contributed by atoms with E-state index in [9.17, 15) is 0 Å². The van der Waals surface area contributed by atoms with Gasteiger partial charge in [0.1, 0.15) is 0 Å². The van der Waals surface area contributed by atoms with Gasteiger partial charge in [0.25, 0.3) is 0 Å². The van der Waals surface area contributed by atoms with Crippen LogP contribution in [0.4, 0.5) is 0 Å². The number of benzene rings is 1. The summed E-state index contributed by atoms with van der Waals surface area (Å²) in [6.07, 6.45) is 4.94. The molecule has 1 N–H and O–H groups in total. The quantitative estimate of drug-likeness (QED) is 0.638. The molecule has 18 heavy (non-hydrogen) atoms. The van der Waals surface area contributed by atoms with Crippen LogP contribution >= 0.6 is 11.6 Å². The number of halogens is 1. The number of nitrogens with one attached hydrogen (secondary N) is 1. The first-order valence-electron chi connectivity index (χ1n) is 7.12. The Morgan fingerprint density at radius 3 is 2.33 bits per heavy atom. The maximum Gasteiger partial charge on any atom is 0.0406 e. The molecule has 1 aromatic carbocycles. The van der Waals surface area contributed by atoms with Gasteiger partial charge in [-0.05, 0) is 49.4 Å². The zero-order valence-corrected chi connectivity index (χ0v) is 12.6. The van der Waals surface area contributed by atoms with Gasteiger partial charge in [0.05, 0.1) is 0 Å². The number of hydrogen-bond donors (Lipinski definition) is 1. The highest BCUT2D eigenvalue weighted by Gasteiger charge is 2.09. The molecule has 2 heteroatoms. The fourth-order valence-corrected chi connectivity index (χ4v) is 2.28. The van der Waals surface area contributed by atoms with E-state index >= 15 is 0 Å². The highest BCUT2D eigenvalue weighted by molar-refractivity contribution is 6.30. The fourth-order valence-electron chi connectivity index (χ4n) is 2.16. The minimum absolute atomic E-state index is 0.472. The van der Waals surface area contributed by atoms with Gasteiger partial charge in [-0.25, -0.2) is 0 Å². The normalized spacial score (nSPS) is 12.9. The van der Waals surface area contributed by atoms with Crippen molar-refractivity contribution < 1.29 is 0 Å². The molecule has 0 radical (unpaired) electrons. The van der Waals surface area contributed by atoms with Gasteiger partial charge in [-0.15, -0.1) is 0 Å². The van der Waals surface area contributed by atoms with E-state index in [0.717, 1.165) is 17.5 Å². The van der Waals surface area contributed by atoms with Crippen LogP contribution in [-0.4, -0.2) is 6.54 Å². The van der Waals surface area contributed by atoms with Crippen LogP contribution in [0.1, 0.15) is 58.1 Å². The molecular weight excluding hydrogens is 242 g/mol. The molecule has 1 atom stereocenters. The molecule has 0 aliphatic heterocycles. The third kappa shape index (κ3) is 5.88. The first-order valence-corrected chi connectivity index (χ1v) is 7.50. The van der Waals surface area contributed by atoms with Crippen LogP contribution in [0.3, 0.4) is 0 Å². The fraction of sp³-hybridized carbons (Fsp3) is 0.625. The van der Waals surface area contributed by atoms with Crippen molar-refractivity contribution in [3.8, 4) is 0 Å².